The number of rotatable bonds is 6. The lowest BCUT2D eigenvalue weighted by Gasteiger charge is -2.32. The van der Waals surface area contributed by atoms with Crippen LogP contribution in [0.25, 0.3) is 0 Å². The van der Waals surface area contributed by atoms with Crippen LogP contribution in [0, 0.1) is 5.41 Å². The molecular formula is C18H30N2O. The van der Waals surface area contributed by atoms with Gasteiger partial charge in [0.2, 0.25) is 0 Å². The summed E-state index contributed by atoms with van der Waals surface area (Å²) >= 11 is 0. The first-order chi connectivity index (χ1) is 9.89. The van der Waals surface area contributed by atoms with E-state index in [1.165, 1.54) is 24.0 Å². The number of nitrogens with one attached hydrogen (secondary N) is 1. The molecule has 1 atom stereocenters. The second-order valence-corrected chi connectivity index (χ2v) is 7.36. The molecule has 0 heterocycles. The summed E-state index contributed by atoms with van der Waals surface area (Å²) < 4.78 is 5.35. The normalized spacial score (nSPS) is 18.7. The summed E-state index contributed by atoms with van der Waals surface area (Å²) in [4.78, 5) is 2.27. The van der Waals surface area contributed by atoms with Gasteiger partial charge in [-0.3, -0.25) is 0 Å². The van der Waals surface area contributed by atoms with Crippen LogP contribution < -0.4 is 10.1 Å². The Kier molecular flexibility index (Phi) is 5.28. The van der Waals surface area contributed by atoms with Crippen LogP contribution in [0.5, 0.6) is 5.75 Å². The quantitative estimate of drug-likeness (QED) is 0.872. The minimum absolute atomic E-state index is 0.304. The van der Waals surface area contributed by atoms with Crippen molar-refractivity contribution >= 4 is 0 Å². The molecule has 1 unspecified atom stereocenters. The molecule has 0 radical (unpaired) electrons. The fourth-order valence-electron chi connectivity index (χ4n) is 3.37. The number of ether oxygens (including phenoxy) is 1. The molecule has 0 bridgehead atoms. The molecule has 0 aliphatic heterocycles. The Morgan fingerprint density at radius 1 is 1.29 bits per heavy atom. The Bertz CT molecular complexity index is 468. The van der Waals surface area contributed by atoms with E-state index >= 15 is 0 Å². The van der Waals surface area contributed by atoms with Crippen molar-refractivity contribution in [1.29, 1.82) is 0 Å². The molecule has 0 saturated carbocycles. The summed E-state index contributed by atoms with van der Waals surface area (Å²) in [7, 11) is 6.03. The van der Waals surface area contributed by atoms with Gasteiger partial charge in [0.05, 0.1) is 7.11 Å². The summed E-state index contributed by atoms with van der Waals surface area (Å²) in [5.74, 6) is 0.974. The van der Waals surface area contributed by atoms with Crippen LogP contribution in [0.15, 0.2) is 18.2 Å². The molecule has 0 saturated heterocycles. The van der Waals surface area contributed by atoms with Crippen molar-refractivity contribution in [2.45, 2.75) is 39.2 Å². The summed E-state index contributed by atoms with van der Waals surface area (Å²) in [5.41, 5.74) is 3.24. The van der Waals surface area contributed by atoms with Gasteiger partial charge in [0.1, 0.15) is 5.75 Å². The van der Waals surface area contributed by atoms with Crippen LogP contribution in [0.1, 0.15) is 31.4 Å². The lowest BCUT2D eigenvalue weighted by Crippen LogP contribution is -2.43. The van der Waals surface area contributed by atoms with Crippen LogP contribution in [-0.2, 0) is 12.8 Å². The van der Waals surface area contributed by atoms with E-state index in [2.05, 4.69) is 56.4 Å². The first-order valence-corrected chi connectivity index (χ1v) is 7.93. The van der Waals surface area contributed by atoms with Crippen molar-refractivity contribution < 1.29 is 4.74 Å². The highest BCUT2D eigenvalue weighted by atomic mass is 16.5. The fraction of sp³-hybridized carbons (Fsp3) is 0.667. The van der Waals surface area contributed by atoms with Crippen molar-refractivity contribution in [1.82, 2.24) is 10.2 Å². The Morgan fingerprint density at radius 2 is 2.05 bits per heavy atom. The molecule has 0 amide bonds. The van der Waals surface area contributed by atoms with Gasteiger partial charge in [-0.15, -0.1) is 0 Å². The predicted molar refractivity (Wildman–Crippen MR) is 89.1 cm³/mol. The van der Waals surface area contributed by atoms with Crippen LogP contribution in [0.2, 0.25) is 0 Å². The largest absolute Gasteiger partial charge is 0.497 e. The van der Waals surface area contributed by atoms with Gasteiger partial charge < -0.3 is 15.0 Å². The molecule has 1 aliphatic carbocycles. The van der Waals surface area contributed by atoms with E-state index < -0.39 is 0 Å². The number of fused-ring (bicyclic) bond motifs is 1. The molecule has 0 aromatic heterocycles. The number of benzene rings is 1. The third kappa shape index (κ3) is 4.72. The Labute approximate surface area is 129 Å². The van der Waals surface area contributed by atoms with E-state index in [1.54, 1.807) is 7.11 Å². The Morgan fingerprint density at radius 3 is 2.71 bits per heavy atom. The monoisotopic (exact) mass is 290 g/mol. The molecule has 1 aromatic rings. The van der Waals surface area contributed by atoms with Crippen molar-refractivity contribution in [2.24, 2.45) is 5.41 Å². The maximum Gasteiger partial charge on any atom is 0.119 e. The number of hydrogen-bond acceptors (Lipinski definition) is 3. The SMILES string of the molecule is COc1ccc2c(c1)CC(NCC(C)(C)CN(C)C)CC2. The second-order valence-electron chi connectivity index (χ2n) is 7.36. The molecule has 21 heavy (non-hydrogen) atoms. The fourth-order valence-corrected chi connectivity index (χ4v) is 3.37. The Hall–Kier alpha value is -1.06. The predicted octanol–water partition coefficient (Wildman–Crippen LogP) is 2.73. The van der Waals surface area contributed by atoms with Crippen LogP contribution in [0.4, 0.5) is 0 Å². The number of nitrogens with zero attached hydrogens (tertiary/aromatic N) is 1. The molecule has 2 rings (SSSR count). The maximum atomic E-state index is 5.35. The van der Waals surface area contributed by atoms with Gasteiger partial charge in [-0.1, -0.05) is 19.9 Å². The average Bonchev–Trinajstić information content (AvgIpc) is 2.43. The Balaban J connectivity index is 1.92. The standard InChI is InChI=1S/C18H30N2O/c1-18(2,13-20(3)4)12-19-16-8-6-14-7-9-17(21-5)11-15(14)10-16/h7,9,11,16,19H,6,8,10,12-13H2,1-5H3. The van der Waals surface area contributed by atoms with E-state index in [9.17, 15) is 0 Å². The van der Waals surface area contributed by atoms with Gasteiger partial charge in [-0.25, -0.2) is 0 Å². The highest BCUT2D eigenvalue weighted by Gasteiger charge is 2.23. The van der Waals surface area contributed by atoms with Gasteiger partial charge in [0, 0.05) is 19.1 Å². The minimum Gasteiger partial charge on any atom is -0.497 e. The van der Waals surface area contributed by atoms with Crippen LogP contribution >= 0.6 is 0 Å². The van der Waals surface area contributed by atoms with Crippen LogP contribution in [-0.4, -0.2) is 45.2 Å². The molecular weight excluding hydrogens is 260 g/mol. The number of hydrogen-bond donors (Lipinski definition) is 1. The summed E-state index contributed by atoms with van der Waals surface area (Å²) in [5, 5.41) is 3.78. The van der Waals surface area contributed by atoms with E-state index in [4.69, 9.17) is 4.74 Å². The molecule has 3 nitrogen and oxygen atoms in total. The topological polar surface area (TPSA) is 24.5 Å². The van der Waals surface area contributed by atoms with E-state index in [-0.39, 0.29) is 0 Å². The highest BCUT2D eigenvalue weighted by Crippen LogP contribution is 2.26. The summed E-state index contributed by atoms with van der Waals surface area (Å²) in [6, 6.07) is 7.09. The highest BCUT2D eigenvalue weighted by molar-refractivity contribution is 5.37. The third-order valence-corrected chi connectivity index (χ3v) is 4.26. The third-order valence-electron chi connectivity index (χ3n) is 4.26. The van der Waals surface area contributed by atoms with Crippen molar-refractivity contribution in [3.05, 3.63) is 29.3 Å². The zero-order valence-electron chi connectivity index (χ0n) is 14.2. The molecule has 3 heteroatoms. The van der Waals surface area contributed by atoms with Gasteiger partial charge in [-0.2, -0.15) is 0 Å². The van der Waals surface area contributed by atoms with E-state index in [1.807, 2.05) is 0 Å². The molecule has 0 spiro atoms. The lowest BCUT2D eigenvalue weighted by molar-refractivity contribution is 0.222. The first-order valence-electron chi connectivity index (χ1n) is 7.93. The number of methoxy groups -OCH3 is 1. The maximum absolute atomic E-state index is 5.35. The van der Waals surface area contributed by atoms with E-state index in [0.29, 0.717) is 11.5 Å². The minimum atomic E-state index is 0.304. The molecule has 1 N–H and O–H groups in total. The van der Waals surface area contributed by atoms with Gasteiger partial charge >= 0.3 is 0 Å². The van der Waals surface area contributed by atoms with Crippen molar-refractivity contribution in [3.8, 4) is 5.75 Å². The number of aryl methyl sites for hydroxylation is 1. The van der Waals surface area contributed by atoms with Gasteiger partial charge in [0.25, 0.3) is 0 Å². The summed E-state index contributed by atoms with van der Waals surface area (Å²) in [6.07, 6.45) is 3.52. The molecule has 0 fully saturated rings. The van der Waals surface area contributed by atoms with Gasteiger partial charge in [0.15, 0.2) is 0 Å². The summed E-state index contributed by atoms with van der Waals surface area (Å²) in [6.45, 7) is 6.84. The van der Waals surface area contributed by atoms with Crippen LogP contribution in [0.3, 0.4) is 0 Å². The molecule has 118 valence electrons. The van der Waals surface area contributed by atoms with Crippen molar-refractivity contribution in [2.75, 3.05) is 34.3 Å². The lowest BCUT2D eigenvalue weighted by atomic mass is 9.86. The van der Waals surface area contributed by atoms with Gasteiger partial charge in [-0.05, 0) is 62.0 Å². The average molecular weight is 290 g/mol. The first kappa shape index (κ1) is 16.3. The zero-order chi connectivity index (χ0) is 15.5. The van der Waals surface area contributed by atoms with E-state index in [0.717, 1.165) is 25.3 Å². The van der Waals surface area contributed by atoms with Crippen molar-refractivity contribution in [3.63, 3.8) is 0 Å². The smallest absolute Gasteiger partial charge is 0.119 e. The zero-order valence-corrected chi connectivity index (χ0v) is 14.2. The molecule has 1 aliphatic rings. The molecule has 1 aromatic carbocycles. The second kappa shape index (κ2) is 6.80.